The molecule has 0 spiro atoms. The van der Waals surface area contributed by atoms with Crippen molar-refractivity contribution in [2.24, 2.45) is 0 Å². The van der Waals surface area contributed by atoms with E-state index in [0.717, 1.165) is 23.7 Å². The van der Waals surface area contributed by atoms with E-state index < -0.39 is 0 Å². The minimum atomic E-state index is -0.370. The molecule has 7 heteroatoms. The lowest BCUT2D eigenvalue weighted by Crippen LogP contribution is -2.58. The summed E-state index contributed by atoms with van der Waals surface area (Å²) in [4.78, 5) is 30.9. The van der Waals surface area contributed by atoms with Crippen LogP contribution in [0.2, 0.25) is 0 Å². The molecule has 2 heterocycles. The lowest BCUT2D eigenvalue weighted by molar-refractivity contribution is -0.134. The fourth-order valence-corrected chi connectivity index (χ4v) is 3.71. The summed E-state index contributed by atoms with van der Waals surface area (Å²) in [5, 5.41) is 8.94. The molecule has 1 aliphatic heterocycles. The summed E-state index contributed by atoms with van der Waals surface area (Å²) in [7, 11) is 0. The van der Waals surface area contributed by atoms with Crippen molar-refractivity contribution in [3.8, 4) is 0 Å². The summed E-state index contributed by atoms with van der Waals surface area (Å²) in [6, 6.07) is -0.121. The molecule has 1 aromatic rings. The maximum absolute atomic E-state index is 12.2. The Kier molecular flexibility index (Phi) is 6.74. The van der Waals surface area contributed by atoms with Gasteiger partial charge in [0.25, 0.3) is 0 Å². The average molecular weight is 353 g/mol. The van der Waals surface area contributed by atoms with Gasteiger partial charge in [-0.25, -0.2) is 4.98 Å². The lowest BCUT2D eigenvalue weighted by atomic mass is 10.1. The highest BCUT2D eigenvalue weighted by atomic mass is 32.1. The highest BCUT2D eigenvalue weighted by Crippen LogP contribution is 2.19. The number of piperazine rings is 1. The number of nitrogens with one attached hydrogen (secondary N) is 2. The molecule has 1 saturated heterocycles. The molecule has 134 valence electrons. The number of amides is 2. The second kappa shape index (κ2) is 8.58. The van der Waals surface area contributed by atoms with E-state index in [1.807, 2.05) is 0 Å². The van der Waals surface area contributed by atoms with E-state index in [9.17, 15) is 9.59 Å². The third kappa shape index (κ3) is 5.01. The first kappa shape index (κ1) is 18.9. The fourth-order valence-electron chi connectivity index (χ4n) is 2.84. The van der Waals surface area contributed by atoms with Crippen LogP contribution in [0.1, 0.15) is 50.7 Å². The van der Waals surface area contributed by atoms with E-state index in [1.54, 1.807) is 11.3 Å². The Balaban J connectivity index is 1.80. The summed E-state index contributed by atoms with van der Waals surface area (Å²) >= 11 is 1.67. The Morgan fingerprint density at radius 1 is 1.46 bits per heavy atom. The number of rotatable bonds is 7. The molecule has 0 bridgehead atoms. The zero-order valence-corrected chi connectivity index (χ0v) is 15.8. The molecule has 2 N–H and O–H groups in total. The normalized spacial score (nSPS) is 18.9. The van der Waals surface area contributed by atoms with Crippen molar-refractivity contribution in [1.82, 2.24) is 20.5 Å². The first-order chi connectivity index (χ1) is 11.4. The minimum absolute atomic E-state index is 0.0498. The summed E-state index contributed by atoms with van der Waals surface area (Å²) in [5.74, 6) is 0.304. The summed E-state index contributed by atoms with van der Waals surface area (Å²) in [5.41, 5.74) is 1.02. The van der Waals surface area contributed by atoms with Gasteiger partial charge in [0.05, 0.1) is 23.2 Å². The summed E-state index contributed by atoms with van der Waals surface area (Å²) < 4.78 is 0. The SMILES string of the molecule is CC(C)c1nc(CCNC(=O)CC2C(=O)NCCN2C(C)C)cs1. The summed E-state index contributed by atoms with van der Waals surface area (Å²) in [6.07, 6.45) is 0.929. The molecule has 0 saturated carbocycles. The predicted molar refractivity (Wildman–Crippen MR) is 96.2 cm³/mol. The van der Waals surface area contributed by atoms with Gasteiger partial charge in [-0.15, -0.1) is 11.3 Å². The van der Waals surface area contributed by atoms with E-state index in [1.165, 1.54) is 0 Å². The van der Waals surface area contributed by atoms with Crippen molar-refractivity contribution < 1.29 is 9.59 Å². The Morgan fingerprint density at radius 3 is 2.83 bits per heavy atom. The number of nitrogens with zero attached hydrogens (tertiary/aromatic N) is 2. The predicted octanol–water partition coefficient (Wildman–Crippen LogP) is 1.52. The van der Waals surface area contributed by atoms with Gasteiger partial charge in [0.1, 0.15) is 0 Å². The van der Waals surface area contributed by atoms with Crippen LogP contribution in [0.5, 0.6) is 0 Å². The van der Waals surface area contributed by atoms with Gasteiger partial charge >= 0.3 is 0 Å². The Morgan fingerprint density at radius 2 is 2.21 bits per heavy atom. The van der Waals surface area contributed by atoms with E-state index in [4.69, 9.17) is 0 Å². The standard InChI is InChI=1S/C17H28N4O2S/c1-11(2)17-20-13(10-24-17)5-6-18-15(22)9-14-16(23)19-7-8-21(14)12(3)4/h10-12,14H,5-9H2,1-4H3,(H,18,22)(H,19,23). The van der Waals surface area contributed by atoms with Crippen LogP contribution in [0.3, 0.4) is 0 Å². The largest absolute Gasteiger partial charge is 0.356 e. The van der Waals surface area contributed by atoms with Gasteiger partial charge < -0.3 is 10.6 Å². The molecule has 6 nitrogen and oxygen atoms in total. The van der Waals surface area contributed by atoms with E-state index in [0.29, 0.717) is 19.0 Å². The number of hydrogen-bond acceptors (Lipinski definition) is 5. The van der Waals surface area contributed by atoms with Crippen LogP contribution in [-0.2, 0) is 16.0 Å². The molecule has 0 aromatic carbocycles. The smallest absolute Gasteiger partial charge is 0.237 e. The van der Waals surface area contributed by atoms with E-state index in [2.05, 4.69) is 53.6 Å². The maximum atomic E-state index is 12.2. The van der Waals surface area contributed by atoms with Crippen LogP contribution < -0.4 is 10.6 Å². The molecule has 1 unspecified atom stereocenters. The zero-order valence-electron chi connectivity index (χ0n) is 15.0. The van der Waals surface area contributed by atoms with Crippen LogP contribution in [0.25, 0.3) is 0 Å². The molecular formula is C17H28N4O2S. The quantitative estimate of drug-likeness (QED) is 0.780. The Labute approximate surface area is 148 Å². The molecule has 1 fully saturated rings. The highest BCUT2D eigenvalue weighted by Gasteiger charge is 2.32. The molecule has 0 aliphatic carbocycles. The van der Waals surface area contributed by atoms with Crippen molar-refractivity contribution in [1.29, 1.82) is 0 Å². The van der Waals surface area contributed by atoms with Gasteiger partial charge in [0.15, 0.2) is 0 Å². The van der Waals surface area contributed by atoms with Crippen LogP contribution in [0.15, 0.2) is 5.38 Å². The third-order valence-corrected chi connectivity index (χ3v) is 5.38. The minimum Gasteiger partial charge on any atom is -0.356 e. The number of hydrogen-bond donors (Lipinski definition) is 2. The van der Waals surface area contributed by atoms with Crippen molar-refractivity contribution in [3.63, 3.8) is 0 Å². The maximum Gasteiger partial charge on any atom is 0.237 e. The van der Waals surface area contributed by atoms with Crippen LogP contribution >= 0.6 is 11.3 Å². The molecule has 1 aliphatic rings. The average Bonchev–Trinajstić information content (AvgIpc) is 2.98. The highest BCUT2D eigenvalue weighted by molar-refractivity contribution is 7.09. The van der Waals surface area contributed by atoms with E-state index in [-0.39, 0.29) is 30.3 Å². The van der Waals surface area contributed by atoms with Gasteiger partial charge in [-0.05, 0) is 13.8 Å². The van der Waals surface area contributed by atoms with Crippen molar-refractivity contribution in [3.05, 3.63) is 16.1 Å². The second-order valence-corrected chi connectivity index (χ2v) is 7.66. The van der Waals surface area contributed by atoms with Gasteiger partial charge in [-0.1, -0.05) is 13.8 Å². The zero-order chi connectivity index (χ0) is 17.7. The van der Waals surface area contributed by atoms with Crippen molar-refractivity contribution in [2.45, 2.75) is 58.5 Å². The van der Waals surface area contributed by atoms with Crippen LogP contribution in [0, 0.1) is 0 Å². The fraction of sp³-hybridized carbons (Fsp3) is 0.706. The van der Waals surface area contributed by atoms with Crippen LogP contribution in [-0.4, -0.2) is 53.4 Å². The first-order valence-corrected chi connectivity index (χ1v) is 9.51. The van der Waals surface area contributed by atoms with Crippen molar-refractivity contribution in [2.75, 3.05) is 19.6 Å². The number of carbonyl (C=O) groups is 2. The topological polar surface area (TPSA) is 74.3 Å². The van der Waals surface area contributed by atoms with Crippen LogP contribution in [0.4, 0.5) is 0 Å². The molecule has 24 heavy (non-hydrogen) atoms. The van der Waals surface area contributed by atoms with Gasteiger partial charge in [-0.2, -0.15) is 0 Å². The Bertz CT molecular complexity index is 571. The van der Waals surface area contributed by atoms with Gasteiger partial charge in [0, 0.05) is 43.4 Å². The molecule has 2 amide bonds. The monoisotopic (exact) mass is 352 g/mol. The van der Waals surface area contributed by atoms with E-state index >= 15 is 0 Å². The molecule has 1 aromatic heterocycles. The van der Waals surface area contributed by atoms with Gasteiger partial charge in [-0.3, -0.25) is 14.5 Å². The molecule has 2 rings (SSSR count). The third-order valence-electron chi connectivity index (χ3n) is 4.18. The number of carbonyl (C=O) groups excluding carboxylic acids is 2. The summed E-state index contributed by atoms with van der Waals surface area (Å²) in [6.45, 7) is 10.3. The first-order valence-electron chi connectivity index (χ1n) is 8.63. The van der Waals surface area contributed by atoms with Crippen molar-refractivity contribution >= 4 is 23.2 Å². The Hall–Kier alpha value is -1.47. The molecule has 0 radical (unpaired) electrons. The number of thiazole rings is 1. The second-order valence-electron chi connectivity index (χ2n) is 6.77. The lowest BCUT2D eigenvalue weighted by Gasteiger charge is -2.37. The molecule has 1 atom stereocenters. The van der Waals surface area contributed by atoms with Gasteiger partial charge in [0.2, 0.25) is 11.8 Å². The number of aromatic nitrogens is 1. The molecular weight excluding hydrogens is 324 g/mol.